The van der Waals surface area contributed by atoms with Crippen LogP contribution in [0.2, 0.25) is 0 Å². The molecule has 4 atom stereocenters. The summed E-state index contributed by atoms with van der Waals surface area (Å²) >= 11 is 0. The van der Waals surface area contributed by atoms with Gasteiger partial charge in [-0.05, 0) is 6.92 Å². The fourth-order valence-electron chi connectivity index (χ4n) is 1.25. The average molecular weight is 192 g/mol. The number of aliphatic hydroxyl groups is 3. The predicted octanol–water partition coefficient (Wildman–Crippen LogP) is -1.50. The normalized spacial score (nSPS) is 40.6. The standard InChI is InChI=1S/C8H16O5/c1-2-12-4-6-8(11)7(10)5(9)3-13-6/h5-11H,2-4H2,1H3/t5-,6+,7+,8-/m0/s1. The maximum atomic E-state index is 9.42. The highest BCUT2D eigenvalue weighted by atomic mass is 16.6. The fourth-order valence-corrected chi connectivity index (χ4v) is 1.25. The van der Waals surface area contributed by atoms with Crippen LogP contribution < -0.4 is 0 Å². The number of rotatable bonds is 3. The Morgan fingerprint density at radius 1 is 1.31 bits per heavy atom. The molecule has 0 aromatic heterocycles. The number of aliphatic hydroxyl groups excluding tert-OH is 3. The summed E-state index contributed by atoms with van der Waals surface area (Å²) in [5.74, 6) is 0. The van der Waals surface area contributed by atoms with Gasteiger partial charge in [0.15, 0.2) is 0 Å². The lowest BCUT2D eigenvalue weighted by atomic mass is 10.0. The van der Waals surface area contributed by atoms with Gasteiger partial charge in [-0.2, -0.15) is 0 Å². The Morgan fingerprint density at radius 2 is 2.00 bits per heavy atom. The Labute approximate surface area is 76.9 Å². The van der Waals surface area contributed by atoms with Gasteiger partial charge in [0.2, 0.25) is 0 Å². The second-order valence-corrected chi connectivity index (χ2v) is 3.08. The number of hydrogen-bond acceptors (Lipinski definition) is 5. The molecule has 1 aliphatic rings. The zero-order valence-electron chi connectivity index (χ0n) is 7.59. The number of ether oxygens (including phenoxy) is 2. The fraction of sp³-hybridized carbons (Fsp3) is 1.00. The maximum absolute atomic E-state index is 9.42. The molecule has 1 rings (SSSR count). The van der Waals surface area contributed by atoms with Crippen molar-refractivity contribution in [3.05, 3.63) is 0 Å². The molecule has 1 heterocycles. The van der Waals surface area contributed by atoms with Crippen molar-refractivity contribution in [1.29, 1.82) is 0 Å². The summed E-state index contributed by atoms with van der Waals surface area (Å²) in [5, 5.41) is 27.8. The molecule has 5 nitrogen and oxygen atoms in total. The monoisotopic (exact) mass is 192 g/mol. The summed E-state index contributed by atoms with van der Waals surface area (Å²) in [6.45, 7) is 2.64. The summed E-state index contributed by atoms with van der Waals surface area (Å²) in [7, 11) is 0. The van der Waals surface area contributed by atoms with Crippen LogP contribution in [0.25, 0.3) is 0 Å². The summed E-state index contributed by atoms with van der Waals surface area (Å²) < 4.78 is 10.1. The Morgan fingerprint density at radius 3 is 2.62 bits per heavy atom. The van der Waals surface area contributed by atoms with Gasteiger partial charge in [-0.1, -0.05) is 0 Å². The molecule has 1 fully saturated rings. The van der Waals surface area contributed by atoms with Crippen molar-refractivity contribution in [2.45, 2.75) is 31.3 Å². The molecule has 0 spiro atoms. The molecule has 0 unspecified atom stereocenters. The third-order valence-corrected chi connectivity index (χ3v) is 2.09. The molecule has 1 saturated heterocycles. The van der Waals surface area contributed by atoms with E-state index in [0.29, 0.717) is 6.61 Å². The van der Waals surface area contributed by atoms with Crippen molar-refractivity contribution in [3.63, 3.8) is 0 Å². The van der Waals surface area contributed by atoms with Crippen LogP contribution in [0.3, 0.4) is 0 Å². The van der Waals surface area contributed by atoms with Gasteiger partial charge in [-0.3, -0.25) is 0 Å². The SMILES string of the molecule is CCOC[C@H]1OC[C@H](O)[C@@H](O)[C@H]1O. The summed E-state index contributed by atoms with van der Waals surface area (Å²) in [6.07, 6.45) is -3.76. The summed E-state index contributed by atoms with van der Waals surface area (Å²) in [4.78, 5) is 0. The first-order chi connectivity index (χ1) is 6.16. The Bertz CT molecular complexity index is 149. The summed E-state index contributed by atoms with van der Waals surface area (Å²) in [6, 6.07) is 0. The molecular weight excluding hydrogens is 176 g/mol. The van der Waals surface area contributed by atoms with E-state index in [1.807, 2.05) is 6.92 Å². The van der Waals surface area contributed by atoms with E-state index >= 15 is 0 Å². The minimum atomic E-state index is -1.14. The van der Waals surface area contributed by atoms with Crippen molar-refractivity contribution < 1.29 is 24.8 Å². The molecule has 13 heavy (non-hydrogen) atoms. The quantitative estimate of drug-likeness (QED) is 0.507. The average Bonchev–Trinajstić information content (AvgIpc) is 2.13. The topological polar surface area (TPSA) is 79.2 Å². The highest BCUT2D eigenvalue weighted by Crippen LogP contribution is 2.15. The molecule has 0 saturated carbocycles. The minimum Gasteiger partial charge on any atom is -0.388 e. The van der Waals surface area contributed by atoms with Crippen LogP contribution in [0.4, 0.5) is 0 Å². The van der Waals surface area contributed by atoms with Gasteiger partial charge < -0.3 is 24.8 Å². The van der Waals surface area contributed by atoms with Crippen LogP contribution in [0, 0.1) is 0 Å². The molecule has 0 amide bonds. The first kappa shape index (κ1) is 10.9. The molecule has 3 N–H and O–H groups in total. The molecule has 0 aromatic rings. The molecule has 0 aliphatic carbocycles. The van der Waals surface area contributed by atoms with Crippen LogP contribution >= 0.6 is 0 Å². The second kappa shape index (κ2) is 4.88. The lowest BCUT2D eigenvalue weighted by Gasteiger charge is -2.34. The van der Waals surface area contributed by atoms with Crippen LogP contribution in [-0.2, 0) is 9.47 Å². The van der Waals surface area contributed by atoms with Crippen molar-refractivity contribution >= 4 is 0 Å². The van der Waals surface area contributed by atoms with Gasteiger partial charge in [0.1, 0.15) is 24.4 Å². The molecule has 0 radical (unpaired) electrons. The molecule has 78 valence electrons. The molecule has 0 bridgehead atoms. The van der Waals surface area contributed by atoms with Gasteiger partial charge >= 0.3 is 0 Å². The molecular formula is C8H16O5. The Balaban J connectivity index is 2.39. The van der Waals surface area contributed by atoms with E-state index in [0.717, 1.165) is 0 Å². The van der Waals surface area contributed by atoms with Crippen molar-refractivity contribution in [2.24, 2.45) is 0 Å². The minimum absolute atomic E-state index is 0.0377. The van der Waals surface area contributed by atoms with Gasteiger partial charge in [-0.15, -0.1) is 0 Å². The third kappa shape index (κ3) is 2.62. The molecule has 5 heteroatoms. The highest BCUT2D eigenvalue weighted by Gasteiger charge is 2.37. The van der Waals surface area contributed by atoms with Crippen LogP contribution in [-0.4, -0.2) is 59.6 Å². The second-order valence-electron chi connectivity index (χ2n) is 3.08. The summed E-state index contributed by atoms with van der Waals surface area (Å²) in [5.41, 5.74) is 0. The van der Waals surface area contributed by atoms with Gasteiger partial charge in [0.05, 0.1) is 13.2 Å². The van der Waals surface area contributed by atoms with E-state index in [1.54, 1.807) is 0 Å². The van der Waals surface area contributed by atoms with Gasteiger partial charge in [-0.25, -0.2) is 0 Å². The van der Waals surface area contributed by atoms with Crippen molar-refractivity contribution in [1.82, 2.24) is 0 Å². The first-order valence-electron chi connectivity index (χ1n) is 4.40. The van der Waals surface area contributed by atoms with Crippen LogP contribution in [0.15, 0.2) is 0 Å². The van der Waals surface area contributed by atoms with Crippen LogP contribution in [0.5, 0.6) is 0 Å². The zero-order valence-corrected chi connectivity index (χ0v) is 7.59. The molecule has 0 aromatic carbocycles. The lowest BCUT2D eigenvalue weighted by molar-refractivity contribution is -0.199. The maximum Gasteiger partial charge on any atom is 0.111 e. The van der Waals surface area contributed by atoms with Crippen molar-refractivity contribution in [2.75, 3.05) is 19.8 Å². The smallest absolute Gasteiger partial charge is 0.111 e. The highest BCUT2D eigenvalue weighted by molar-refractivity contribution is 4.86. The number of hydrogen-bond donors (Lipinski definition) is 3. The Hall–Kier alpha value is -0.200. The van der Waals surface area contributed by atoms with Crippen molar-refractivity contribution in [3.8, 4) is 0 Å². The first-order valence-corrected chi connectivity index (χ1v) is 4.40. The van der Waals surface area contributed by atoms with E-state index in [9.17, 15) is 10.2 Å². The van der Waals surface area contributed by atoms with E-state index in [2.05, 4.69) is 0 Å². The van der Waals surface area contributed by atoms with E-state index in [-0.39, 0.29) is 13.2 Å². The van der Waals surface area contributed by atoms with Gasteiger partial charge in [0, 0.05) is 6.61 Å². The van der Waals surface area contributed by atoms with Gasteiger partial charge in [0.25, 0.3) is 0 Å². The largest absolute Gasteiger partial charge is 0.388 e. The predicted molar refractivity (Wildman–Crippen MR) is 44.3 cm³/mol. The van der Waals surface area contributed by atoms with E-state index in [4.69, 9.17) is 14.6 Å². The van der Waals surface area contributed by atoms with Crippen LogP contribution in [0.1, 0.15) is 6.92 Å². The molecule has 1 aliphatic heterocycles. The van der Waals surface area contributed by atoms with E-state index < -0.39 is 24.4 Å². The van der Waals surface area contributed by atoms with E-state index in [1.165, 1.54) is 0 Å². The Kier molecular flexibility index (Phi) is 4.08. The third-order valence-electron chi connectivity index (χ3n) is 2.09. The lowest BCUT2D eigenvalue weighted by Crippen LogP contribution is -2.54. The zero-order chi connectivity index (χ0) is 9.84.